The Morgan fingerprint density at radius 2 is 1.74 bits per heavy atom. The first kappa shape index (κ1) is 16.0. The molecule has 0 unspecified atom stereocenters. The van der Waals surface area contributed by atoms with Crippen LogP contribution in [-0.4, -0.2) is 30.9 Å². The molecule has 4 nitrogen and oxygen atoms in total. The largest absolute Gasteiger partial charge is 0.377 e. The molecule has 0 heterocycles. The first-order valence-electron chi connectivity index (χ1n) is 5.57. The Labute approximate surface area is 122 Å². The van der Waals surface area contributed by atoms with Crippen molar-refractivity contribution in [1.82, 2.24) is 5.32 Å². The van der Waals surface area contributed by atoms with Crippen molar-refractivity contribution in [2.45, 2.75) is 19.4 Å². The van der Waals surface area contributed by atoms with Gasteiger partial charge in [-0.05, 0) is 32.0 Å². The highest BCUT2D eigenvalue weighted by Crippen LogP contribution is 2.19. The number of amides is 1. The molecule has 19 heavy (non-hydrogen) atoms. The van der Waals surface area contributed by atoms with Crippen LogP contribution in [0.15, 0.2) is 18.2 Å². The molecule has 1 amide bonds. The first-order valence-corrected chi connectivity index (χ1v) is 6.32. The number of methoxy groups -OCH3 is 1. The summed E-state index contributed by atoms with van der Waals surface area (Å²) in [6, 6.07) is 4.50. The number of rotatable bonds is 5. The number of Topliss-reactive ketones (excluding diaryl/α,β-unsaturated/α-hetero) is 1. The van der Waals surface area contributed by atoms with Gasteiger partial charge in [-0.15, -0.1) is 0 Å². The van der Waals surface area contributed by atoms with Gasteiger partial charge in [0, 0.05) is 22.7 Å². The van der Waals surface area contributed by atoms with E-state index in [0.29, 0.717) is 15.6 Å². The second-order valence-corrected chi connectivity index (χ2v) is 5.47. The van der Waals surface area contributed by atoms with Crippen LogP contribution in [0.1, 0.15) is 24.2 Å². The standard InChI is InChI=1S/C13H15Cl2NO3/c1-13(2,11(17)7-19-3)16-12(18)8-4-9(14)6-10(15)5-8/h4-6H,7H2,1-3H3,(H,16,18). The molecular weight excluding hydrogens is 289 g/mol. The molecule has 1 rings (SSSR count). The number of carbonyl (C=O) groups excluding carboxylic acids is 2. The van der Waals surface area contributed by atoms with Gasteiger partial charge in [0.2, 0.25) is 0 Å². The first-order chi connectivity index (χ1) is 8.76. The van der Waals surface area contributed by atoms with Crippen molar-refractivity contribution >= 4 is 34.9 Å². The number of ketones is 1. The normalized spacial score (nSPS) is 11.2. The van der Waals surface area contributed by atoms with E-state index in [1.54, 1.807) is 13.8 Å². The summed E-state index contributed by atoms with van der Waals surface area (Å²) < 4.78 is 4.77. The lowest BCUT2D eigenvalue weighted by molar-refractivity contribution is -0.127. The van der Waals surface area contributed by atoms with Gasteiger partial charge in [-0.3, -0.25) is 9.59 Å². The van der Waals surface area contributed by atoms with E-state index < -0.39 is 11.4 Å². The Hall–Kier alpha value is -1.10. The molecular formula is C13H15Cl2NO3. The highest BCUT2D eigenvalue weighted by Gasteiger charge is 2.29. The van der Waals surface area contributed by atoms with Crippen LogP contribution < -0.4 is 5.32 Å². The molecule has 0 spiro atoms. The molecule has 0 bridgehead atoms. The third kappa shape index (κ3) is 4.49. The van der Waals surface area contributed by atoms with Crippen LogP contribution in [0.5, 0.6) is 0 Å². The van der Waals surface area contributed by atoms with Crippen molar-refractivity contribution in [2.24, 2.45) is 0 Å². The summed E-state index contributed by atoms with van der Waals surface area (Å²) in [5, 5.41) is 3.35. The van der Waals surface area contributed by atoms with E-state index in [4.69, 9.17) is 27.9 Å². The Balaban J connectivity index is 2.87. The van der Waals surface area contributed by atoms with Crippen molar-refractivity contribution in [3.05, 3.63) is 33.8 Å². The summed E-state index contributed by atoms with van der Waals surface area (Å²) in [6.45, 7) is 3.15. The molecule has 0 atom stereocenters. The molecule has 0 saturated heterocycles. The zero-order valence-electron chi connectivity index (χ0n) is 10.9. The van der Waals surface area contributed by atoms with Crippen LogP contribution in [0.4, 0.5) is 0 Å². The Morgan fingerprint density at radius 1 is 1.21 bits per heavy atom. The Morgan fingerprint density at radius 3 is 2.21 bits per heavy atom. The van der Waals surface area contributed by atoms with Gasteiger partial charge in [0.15, 0.2) is 5.78 Å². The topological polar surface area (TPSA) is 55.4 Å². The summed E-state index contributed by atoms with van der Waals surface area (Å²) in [7, 11) is 1.42. The summed E-state index contributed by atoms with van der Waals surface area (Å²) in [5.74, 6) is -0.643. The number of benzene rings is 1. The average molecular weight is 304 g/mol. The van der Waals surface area contributed by atoms with Gasteiger partial charge in [-0.25, -0.2) is 0 Å². The van der Waals surface area contributed by atoms with E-state index in [0.717, 1.165) is 0 Å². The molecule has 0 saturated carbocycles. The molecule has 0 aliphatic rings. The zero-order chi connectivity index (χ0) is 14.6. The van der Waals surface area contributed by atoms with Gasteiger partial charge in [0.25, 0.3) is 5.91 Å². The lowest BCUT2D eigenvalue weighted by atomic mass is 9.99. The Bertz CT molecular complexity index is 480. The second kappa shape index (κ2) is 6.37. The summed E-state index contributed by atoms with van der Waals surface area (Å²) in [5.41, 5.74) is -0.724. The van der Waals surface area contributed by atoms with E-state index in [2.05, 4.69) is 5.32 Å². The van der Waals surface area contributed by atoms with Crippen LogP contribution in [0.3, 0.4) is 0 Å². The van der Waals surface area contributed by atoms with Gasteiger partial charge in [-0.2, -0.15) is 0 Å². The smallest absolute Gasteiger partial charge is 0.252 e. The molecule has 1 N–H and O–H groups in total. The number of ether oxygens (including phenoxy) is 1. The van der Waals surface area contributed by atoms with E-state index in [9.17, 15) is 9.59 Å². The minimum Gasteiger partial charge on any atom is -0.377 e. The highest BCUT2D eigenvalue weighted by atomic mass is 35.5. The molecule has 104 valence electrons. The Kier molecular flexibility index (Phi) is 5.35. The van der Waals surface area contributed by atoms with E-state index in [1.165, 1.54) is 25.3 Å². The van der Waals surface area contributed by atoms with Gasteiger partial charge in [0.1, 0.15) is 6.61 Å². The monoisotopic (exact) mass is 303 g/mol. The predicted molar refractivity (Wildman–Crippen MR) is 74.9 cm³/mol. The maximum absolute atomic E-state index is 12.1. The summed E-state index contributed by atoms with van der Waals surface area (Å²) in [4.78, 5) is 23.8. The number of carbonyl (C=O) groups is 2. The minimum atomic E-state index is -1.03. The lowest BCUT2D eigenvalue weighted by Crippen LogP contribution is -2.51. The van der Waals surface area contributed by atoms with Crippen LogP contribution in [-0.2, 0) is 9.53 Å². The lowest BCUT2D eigenvalue weighted by Gasteiger charge is -2.24. The van der Waals surface area contributed by atoms with Gasteiger partial charge in [0.05, 0.1) is 5.54 Å². The quantitative estimate of drug-likeness (QED) is 0.910. The fourth-order valence-electron chi connectivity index (χ4n) is 1.42. The molecule has 1 aromatic carbocycles. The van der Waals surface area contributed by atoms with E-state index in [-0.39, 0.29) is 12.4 Å². The number of hydrogen-bond donors (Lipinski definition) is 1. The molecule has 1 aromatic rings. The van der Waals surface area contributed by atoms with Crippen molar-refractivity contribution in [1.29, 1.82) is 0 Å². The van der Waals surface area contributed by atoms with Crippen LogP contribution in [0.2, 0.25) is 10.0 Å². The van der Waals surface area contributed by atoms with E-state index >= 15 is 0 Å². The molecule has 0 radical (unpaired) electrons. The highest BCUT2D eigenvalue weighted by molar-refractivity contribution is 6.35. The maximum Gasteiger partial charge on any atom is 0.252 e. The average Bonchev–Trinajstić information content (AvgIpc) is 2.27. The molecule has 0 aromatic heterocycles. The maximum atomic E-state index is 12.1. The van der Waals surface area contributed by atoms with Gasteiger partial charge < -0.3 is 10.1 Å². The second-order valence-electron chi connectivity index (χ2n) is 4.59. The van der Waals surface area contributed by atoms with Gasteiger partial charge in [-0.1, -0.05) is 23.2 Å². The molecule has 0 aliphatic heterocycles. The SMILES string of the molecule is COCC(=O)C(C)(C)NC(=O)c1cc(Cl)cc(Cl)c1. The van der Waals surface area contributed by atoms with Crippen LogP contribution in [0, 0.1) is 0 Å². The van der Waals surface area contributed by atoms with E-state index in [1.807, 2.05) is 0 Å². The number of nitrogens with one attached hydrogen (secondary N) is 1. The third-order valence-electron chi connectivity index (χ3n) is 2.52. The molecule has 0 fully saturated rings. The molecule has 6 heteroatoms. The summed E-state index contributed by atoms with van der Waals surface area (Å²) >= 11 is 11.7. The van der Waals surface area contributed by atoms with Crippen molar-refractivity contribution < 1.29 is 14.3 Å². The third-order valence-corrected chi connectivity index (χ3v) is 2.96. The minimum absolute atomic E-state index is 0.0659. The number of halogens is 2. The fourth-order valence-corrected chi connectivity index (χ4v) is 1.95. The van der Waals surface area contributed by atoms with Crippen LogP contribution in [0.25, 0.3) is 0 Å². The zero-order valence-corrected chi connectivity index (χ0v) is 12.4. The fraction of sp³-hybridized carbons (Fsp3) is 0.385. The molecule has 0 aliphatic carbocycles. The van der Waals surface area contributed by atoms with Crippen molar-refractivity contribution in [2.75, 3.05) is 13.7 Å². The van der Waals surface area contributed by atoms with Gasteiger partial charge >= 0.3 is 0 Å². The van der Waals surface area contributed by atoms with Crippen molar-refractivity contribution in [3.8, 4) is 0 Å². The predicted octanol–water partition coefficient (Wildman–Crippen LogP) is 2.72. The summed E-state index contributed by atoms with van der Waals surface area (Å²) in [6.07, 6.45) is 0. The number of hydrogen-bond acceptors (Lipinski definition) is 3. The van der Waals surface area contributed by atoms with Crippen LogP contribution >= 0.6 is 23.2 Å². The van der Waals surface area contributed by atoms with Crippen molar-refractivity contribution in [3.63, 3.8) is 0 Å².